The molecule has 0 aliphatic carbocycles. The molecule has 0 bridgehead atoms. The average molecular weight is 286 g/mol. The average Bonchev–Trinajstić information content (AvgIpc) is 2.92. The lowest BCUT2D eigenvalue weighted by molar-refractivity contribution is 0.182. The fraction of sp³-hybridized carbons (Fsp3) is 0.176. The Morgan fingerprint density at radius 3 is 2.67 bits per heavy atom. The van der Waals surface area contributed by atoms with Gasteiger partial charge in [-0.2, -0.15) is 0 Å². The minimum atomic E-state index is -1.21. The van der Waals surface area contributed by atoms with Gasteiger partial charge in [-0.1, -0.05) is 24.3 Å². The summed E-state index contributed by atoms with van der Waals surface area (Å²) >= 11 is 0. The monoisotopic (exact) mass is 286 g/mol. The van der Waals surface area contributed by atoms with E-state index in [4.69, 9.17) is 9.15 Å². The van der Waals surface area contributed by atoms with Crippen molar-refractivity contribution in [3.05, 3.63) is 65.2 Å². The van der Waals surface area contributed by atoms with Crippen molar-refractivity contribution >= 4 is 11.0 Å². The third-order valence-electron chi connectivity index (χ3n) is 3.54. The summed E-state index contributed by atoms with van der Waals surface area (Å²) in [7, 11) is 1.44. The Hall–Kier alpha value is -2.33. The molecule has 3 rings (SSSR count). The van der Waals surface area contributed by atoms with Gasteiger partial charge in [-0.05, 0) is 30.7 Å². The lowest BCUT2D eigenvalue weighted by Gasteiger charge is -2.13. The van der Waals surface area contributed by atoms with Crippen LogP contribution >= 0.6 is 0 Å². The van der Waals surface area contributed by atoms with Gasteiger partial charge in [-0.25, -0.2) is 4.39 Å². The quantitative estimate of drug-likeness (QED) is 0.792. The Kier molecular flexibility index (Phi) is 3.39. The number of aliphatic hydroxyl groups is 1. The van der Waals surface area contributed by atoms with Crippen molar-refractivity contribution in [1.82, 2.24) is 0 Å². The highest BCUT2D eigenvalue weighted by molar-refractivity contribution is 5.81. The molecular weight excluding hydrogens is 271 g/mol. The summed E-state index contributed by atoms with van der Waals surface area (Å²) in [4.78, 5) is 0. The van der Waals surface area contributed by atoms with Crippen molar-refractivity contribution < 1.29 is 18.7 Å². The topological polar surface area (TPSA) is 42.6 Å². The largest absolute Gasteiger partial charge is 0.496 e. The smallest absolute Gasteiger partial charge is 0.143 e. The fourth-order valence-electron chi connectivity index (χ4n) is 2.47. The van der Waals surface area contributed by atoms with Gasteiger partial charge >= 0.3 is 0 Å². The minimum absolute atomic E-state index is 0.0803. The molecule has 3 nitrogen and oxygen atoms in total. The van der Waals surface area contributed by atoms with Crippen LogP contribution < -0.4 is 4.74 Å². The van der Waals surface area contributed by atoms with Gasteiger partial charge in [0.1, 0.15) is 29.0 Å². The zero-order chi connectivity index (χ0) is 15.0. The third-order valence-corrected chi connectivity index (χ3v) is 3.54. The maximum atomic E-state index is 14.0. The molecule has 0 radical (unpaired) electrons. The lowest BCUT2D eigenvalue weighted by Crippen LogP contribution is -2.04. The molecule has 4 heteroatoms. The zero-order valence-corrected chi connectivity index (χ0v) is 11.8. The van der Waals surface area contributed by atoms with E-state index >= 15 is 0 Å². The predicted molar refractivity (Wildman–Crippen MR) is 78.0 cm³/mol. The van der Waals surface area contributed by atoms with Gasteiger partial charge in [-0.3, -0.25) is 0 Å². The van der Waals surface area contributed by atoms with Gasteiger partial charge in [0.2, 0.25) is 0 Å². The van der Waals surface area contributed by atoms with Crippen LogP contribution in [0.15, 0.2) is 46.9 Å². The fourth-order valence-corrected chi connectivity index (χ4v) is 2.47. The van der Waals surface area contributed by atoms with E-state index in [0.717, 1.165) is 10.9 Å². The standard InChI is InChI=1S/C17H15FO3/c1-10-5-3-6-11-9-14(21-17(10)11)16(19)15-12(18)7-4-8-13(15)20-2/h3-9,16,19H,1-2H3. The van der Waals surface area contributed by atoms with Crippen molar-refractivity contribution in [2.24, 2.45) is 0 Å². The summed E-state index contributed by atoms with van der Waals surface area (Å²) < 4.78 is 24.8. The van der Waals surface area contributed by atoms with Crippen LogP contribution in [0, 0.1) is 12.7 Å². The van der Waals surface area contributed by atoms with Crippen molar-refractivity contribution in [1.29, 1.82) is 0 Å². The van der Waals surface area contributed by atoms with E-state index in [1.165, 1.54) is 19.2 Å². The van der Waals surface area contributed by atoms with Crippen LogP contribution in [-0.2, 0) is 0 Å². The first kappa shape index (κ1) is 13.6. The summed E-state index contributed by atoms with van der Waals surface area (Å²) in [6, 6.07) is 11.9. The summed E-state index contributed by atoms with van der Waals surface area (Å²) in [5, 5.41) is 11.3. The third kappa shape index (κ3) is 2.28. The van der Waals surface area contributed by atoms with Crippen LogP contribution in [0.25, 0.3) is 11.0 Å². The van der Waals surface area contributed by atoms with E-state index in [0.29, 0.717) is 17.1 Å². The van der Waals surface area contributed by atoms with E-state index in [1.54, 1.807) is 12.1 Å². The Bertz CT molecular complexity index is 792. The van der Waals surface area contributed by atoms with Crippen molar-refractivity contribution in [2.45, 2.75) is 13.0 Å². The second-order valence-electron chi connectivity index (χ2n) is 4.90. The number of rotatable bonds is 3. The first-order valence-electron chi connectivity index (χ1n) is 6.61. The Morgan fingerprint density at radius 2 is 1.95 bits per heavy atom. The Morgan fingerprint density at radius 1 is 1.19 bits per heavy atom. The summed E-state index contributed by atoms with van der Waals surface area (Å²) in [5.74, 6) is 0.0569. The molecule has 2 aromatic carbocycles. The van der Waals surface area contributed by atoms with Crippen LogP contribution in [0.5, 0.6) is 5.75 Å². The molecule has 0 spiro atoms. The minimum Gasteiger partial charge on any atom is -0.496 e. The van der Waals surface area contributed by atoms with Crippen LogP contribution in [0.1, 0.15) is 23.0 Å². The number of hydrogen-bond donors (Lipinski definition) is 1. The SMILES string of the molecule is COc1cccc(F)c1C(O)c1cc2cccc(C)c2o1. The molecule has 1 atom stereocenters. The highest BCUT2D eigenvalue weighted by Gasteiger charge is 2.23. The maximum absolute atomic E-state index is 14.0. The lowest BCUT2D eigenvalue weighted by atomic mass is 10.0. The predicted octanol–water partition coefficient (Wildman–Crippen LogP) is 3.97. The number of halogens is 1. The summed E-state index contributed by atoms with van der Waals surface area (Å²) in [6.45, 7) is 1.92. The molecule has 0 aliphatic rings. The molecule has 1 heterocycles. The van der Waals surface area contributed by atoms with Gasteiger partial charge in [0, 0.05) is 5.39 Å². The van der Waals surface area contributed by atoms with Gasteiger partial charge < -0.3 is 14.3 Å². The highest BCUT2D eigenvalue weighted by Crippen LogP contribution is 2.35. The second-order valence-corrected chi connectivity index (χ2v) is 4.90. The van der Waals surface area contributed by atoms with E-state index in [9.17, 15) is 9.50 Å². The normalized spacial score (nSPS) is 12.6. The zero-order valence-electron chi connectivity index (χ0n) is 11.8. The molecule has 1 aromatic heterocycles. The molecule has 0 saturated carbocycles. The summed E-state index contributed by atoms with van der Waals surface area (Å²) in [6.07, 6.45) is -1.21. The number of ether oxygens (including phenoxy) is 1. The molecule has 1 N–H and O–H groups in total. The van der Waals surface area contributed by atoms with Crippen LogP contribution in [0.2, 0.25) is 0 Å². The first-order valence-corrected chi connectivity index (χ1v) is 6.61. The number of aliphatic hydroxyl groups excluding tert-OH is 1. The molecule has 108 valence electrons. The second kappa shape index (κ2) is 5.22. The number of aryl methyl sites for hydroxylation is 1. The molecule has 0 saturated heterocycles. The number of para-hydroxylation sites is 1. The van der Waals surface area contributed by atoms with E-state index < -0.39 is 11.9 Å². The number of methoxy groups -OCH3 is 1. The molecule has 0 amide bonds. The Balaban J connectivity index is 2.13. The first-order chi connectivity index (χ1) is 10.1. The Labute approximate surface area is 121 Å². The van der Waals surface area contributed by atoms with Gasteiger partial charge in [0.25, 0.3) is 0 Å². The van der Waals surface area contributed by atoms with Crippen LogP contribution in [0.3, 0.4) is 0 Å². The summed E-state index contributed by atoms with van der Waals surface area (Å²) in [5.41, 5.74) is 1.74. The maximum Gasteiger partial charge on any atom is 0.143 e. The van der Waals surface area contributed by atoms with E-state index in [-0.39, 0.29) is 5.56 Å². The molecule has 0 aliphatic heterocycles. The number of furan rings is 1. The number of benzene rings is 2. The van der Waals surface area contributed by atoms with Crippen molar-refractivity contribution in [3.63, 3.8) is 0 Å². The van der Waals surface area contributed by atoms with E-state index in [2.05, 4.69) is 0 Å². The molecule has 0 fully saturated rings. The van der Waals surface area contributed by atoms with Gasteiger partial charge in [-0.15, -0.1) is 0 Å². The number of hydrogen-bond acceptors (Lipinski definition) is 3. The molecule has 1 unspecified atom stereocenters. The van der Waals surface area contributed by atoms with Crippen molar-refractivity contribution in [3.8, 4) is 5.75 Å². The molecule has 3 aromatic rings. The van der Waals surface area contributed by atoms with Crippen LogP contribution in [-0.4, -0.2) is 12.2 Å². The number of fused-ring (bicyclic) bond motifs is 1. The highest BCUT2D eigenvalue weighted by atomic mass is 19.1. The van der Waals surface area contributed by atoms with Crippen LogP contribution in [0.4, 0.5) is 4.39 Å². The van der Waals surface area contributed by atoms with E-state index in [1.807, 2.05) is 25.1 Å². The molecule has 21 heavy (non-hydrogen) atoms. The molecular formula is C17H15FO3. The van der Waals surface area contributed by atoms with Gasteiger partial charge in [0.15, 0.2) is 0 Å². The van der Waals surface area contributed by atoms with Gasteiger partial charge in [0.05, 0.1) is 12.7 Å². The van der Waals surface area contributed by atoms with Crippen molar-refractivity contribution in [2.75, 3.05) is 7.11 Å².